The van der Waals surface area contributed by atoms with Crippen LogP contribution in [0, 0.1) is 11.3 Å². The van der Waals surface area contributed by atoms with Gasteiger partial charge in [0.2, 0.25) is 0 Å². The first-order chi connectivity index (χ1) is 12.5. The smallest absolute Gasteiger partial charge is 0.149 e. The molecule has 0 spiro atoms. The molecule has 0 radical (unpaired) electrons. The molecule has 2 aromatic rings. The topological polar surface area (TPSA) is 80.4 Å². The molecule has 9 heteroatoms. The fourth-order valence-corrected chi connectivity index (χ4v) is 3.34. The Labute approximate surface area is 167 Å². The molecule has 0 aliphatic carbocycles. The van der Waals surface area contributed by atoms with Crippen LogP contribution in [-0.2, 0) is 6.54 Å². The van der Waals surface area contributed by atoms with Crippen molar-refractivity contribution in [1.82, 2.24) is 15.2 Å². The summed E-state index contributed by atoms with van der Waals surface area (Å²) in [7, 11) is 0. The number of halogens is 3. The van der Waals surface area contributed by atoms with Crippen LogP contribution in [0.3, 0.4) is 0 Å². The summed E-state index contributed by atoms with van der Waals surface area (Å²) in [5.74, 6) is 6.16. The van der Waals surface area contributed by atoms with Gasteiger partial charge in [0.1, 0.15) is 6.29 Å². The maximum Gasteiger partial charge on any atom is 0.149 e. The lowest BCUT2D eigenvalue weighted by molar-refractivity contribution is 0.0219. The van der Waals surface area contributed by atoms with Crippen LogP contribution in [0.4, 0.5) is 5.69 Å². The lowest BCUT2D eigenvalue weighted by Crippen LogP contribution is -2.64. The van der Waals surface area contributed by atoms with Gasteiger partial charge in [-0.25, -0.2) is 0 Å². The van der Waals surface area contributed by atoms with E-state index in [-0.39, 0.29) is 6.29 Å². The highest BCUT2D eigenvalue weighted by molar-refractivity contribution is 6.44. The Morgan fingerprint density at radius 3 is 2.50 bits per heavy atom. The summed E-state index contributed by atoms with van der Waals surface area (Å²) in [5, 5.41) is 18.6. The quantitative estimate of drug-likeness (QED) is 0.528. The summed E-state index contributed by atoms with van der Waals surface area (Å²) in [5.41, 5.74) is 2.25. The minimum atomic E-state index is -0.246. The number of hydrazine groups is 1. The molecule has 26 heavy (non-hydrogen) atoms. The summed E-state index contributed by atoms with van der Waals surface area (Å²) in [4.78, 5) is 2.06. The largest absolute Gasteiger partial charge is 0.356 e. The molecule has 4 N–H and O–H groups in total. The number of anilines is 1. The number of benzene rings is 2. The van der Waals surface area contributed by atoms with E-state index in [9.17, 15) is 0 Å². The number of nitrogens with two attached hydrogens (primary N) is 1. The number of hydrogen-bond donors (Lipinski definition) is 3. The number of nitrogens with zero attached hydrogens (tertiary/aromatic N) is 3. The first-order valence-corrected chi connectivity index (χ1v) is 8.97. The van der Waals surface area contributed by atoms with Gasteiger partial charge < -0.3 is 5.32 Å². The molecule has 1 aliphatic heterocycles. The lowest BCUT2D eigenvalue weighted by atomic mass is 10.2. The molecule has 0 amide bonds. The van der Waals surface area contributed by atoms with E-state index in [0.717, 1.165) is 11.3 Å². The SMILES string of the molecule is N#Cc1ccc(NC2NCN(Cc3c(Cl)ccc(Cl)c3Cl)CN2N)cc1. The van der Waals surface area contributed by atoms with Crippen LogP contribution in [0.15, 0.2) is 36.4 Å². The van der Waals surface area contributed by atoms with Gasteiger partial charge in [-0.3, -0.25) is 16.1 Å². The summed E-state index contributed by atoms with van der Waals surface area (Å²) in [6, 6.07) is 12.7. The fraction of sp³-hybridized carbons (Fsp3) is 0.235. The van der Waals surface area contributed by atoms with E-state index in [1.54, 1.807) is 29.3 Å². The number of nitriles is 1. The highest BCUT2D eigenvalue weighted by atomic mass is 35.5. The maximum absolute atomic E-state index is 8.85. The van der Waals surface area contributed by atoms with Gasteiger partial charge in [0.25, 0.3) is 0 Å². The van der Waals surface area contributed by atoms with Crippen molar-refractivity contribution in [3.8, 4) is 6.07 Å². The van der Waals surface area contributed by atoms with Crippen molar-refractivity contribution < 1.29 is 0 Å². The van der Waals surface area contributed by atoms with Crippen molar-refractivity contribution in [2.45, 2.75) is 12.8 Å². The van der Waals surface area contributed by atoms with Crippen molar-refractivity contribution in [3.63, 3.8) is 0 Å². The second kappa shape index (κ2) is 8.42. The van der Waals surface area contributed by atoms with Gasteiger partial charge in [0.05, 0.1) is 35.0 Å². The van der Waals surface area contributed by atoms with Crippen molar-refractivity contribution in [2.24, 2.45) is 5.84 Å². The van der Waals surface area contributed by atoms with Crippen LogP contribution in [0.5, 0.6) is 0 Å². The molecule has 0 aromatic heterocycles. The number of nitrogens with one attached hydrogen (secondary N) is 2. The Morgan fingerprint density at radius 1 is 1.15 bits per heavy atom. The van der Waals surface area contributed by atoms with Crippen LogP contribution < -0.4 is 16.5 Å². The third-order valence-electron chi connectivity index (χ3n) is 4.04. The Hall–Kier alpha value is -1.56. The second-order valence-electron chi connectivity index (χ2n) is 5.90. The summed E-state index contributed by atoms with van der Waals surface area (Å²) in [6.45, 7) is 1.60. The molecule has 1 saturated heterocycles. The number of hydrogen-bond acceptors (Lipinski definition) is 6. The van der Waals surface area contributed by atoms with Crippen LogP contribution in [-0.4, -0.2) is 29.5 Å². The van der Waals surface area contributed by atoms with E-state index in [2.05, 4.69) is 21.6 Å². The molecule has 1 heterocycles. The Morgan fingerprint density at radius 2 is 1.85 bits per heavy atom. The average molecular weight is 412 g/mol. The molecule has 1 unspecified atom stereocenters. The molecular weight excluding hydrogens is 395 g/mol. The van der Waals surface area contributed by atoms with Crippen molar-refractivity contribution in [2.75, 3.05) is 18.7 Å². The van der Waals surface area contributed by atoms with Gasteiger partial charge in [-0.15, -0.1) is 0 Å². The Balaban J connectivity index is 1.62. The van der Waals surface area contributed by atoms with Crippen LogP contribution in [0.2, 0.25) is 15.1 Å². The van der Waals surface area contributed by atoms with E-state index in [4.69, 9.17) is 45.9 Å². The van der Waals surface area contributed by atoms with E-state index in [0.29, 0.717) is 40.5 Å². The van der Waals surface area contributed by atoms with Crippen molar-refractivity contribution in [1.29, 1.82) is 5.26 Å². The fourth-order valence-electron chi connectivity index (χ4n) is 2.67. The van der Waals surface area contributed by atoms with Gasteiger partial charge >= 0.3 is 0 Å². The predicted octanol–water partition coefficient (Wildman–Crippen LogP) is 3.41. The summed E-state index contributed by atoms with van der Waals surface area (Å²) >= 11 is 18.6. The van der Waals surface area contributed by atoms with Crippen molar-refractivity contribution >= 4 is 40.5 Å². The lowest BCUT2D eigenvalue weighted by Gasteiger charge is -2.40. The molecule has 0 saturated carbocycles. The van der Waals surface area contributed by atoms with Gasteiger partial charge in [0.15, 0.2) is 0 Å². The second-order valence-corrected chi connectivity index (χ2v) is 7.10. The highest BCUT2D eigenvalue weighted by Gasteiger charge is 2.25. The molecule has 1 aliphatic rings. The monoisotopic (exact) mass is 410 g/mol. The van der Waals surface area contributed by atoms with Gasteiger partial charge in [0, 0.05) is 22.8 Å². The zero-order chi connectivity index (χ0) is 18.7. The maximum atomic E-state index is 8.85. The molecule has 0 bridgehead atoms. The minimum absolute atomic E-state index is 0.246. The van der Waals surface area contributed by atoms with E-state index < -0.39 is 0 Å². The Bertz CT molecular complexity index is 820. The van der Waals surface area contributed by atoms with Crippen molar-refractivity contribution in [3.05, 3.63) is 62.6 Å². The van der Waals surface area contributed by atoms with Crippen LogP contribution in [0.1, 0.15) is 11.1 Å². The average Bonchev–Trinajstić information content (AvgIpc) is 2.65. The first kappa shape index (κ1) is 19.2. The molecule has 136 valence electrons. The zero-order valence-electron chi connectivity index (χ0n) is 13.7. The molecule has 1 fully saturated rings. The highest BCUT2D eigenvalue weighted by Crippen LogP contribution is 2.32. The van der Waals surface area contributed by atoms with Crippen LogP contribution in [0.25, 0.3) is 0 Å². The molecule has 1 atom stereocenters. The standard InChI is InChI=1S/C17H17Cl3N6/c18-14-5-6-15(19)16(20)13(14)8-25-9-23-17(26(22)10-25)24-12-3-1-11(7-21)2-4-12/h1-6,17,23-24H,8-10,22H2. The molecular formula is C17H17Cl3N6. The third-order valence-corrected chi connectivity index (χ3v) is 5.24. The minimum Gasteiger partial charge on any atom is -0.356 e. The van der Waals surface area contributed by atoms with Gasteiger partial charge in [-0.1, -0.05) is 34.8 Å². The van der Waals surface area contributed by atoms with Gasteiger partial charge in [-0.2, -0.15) is 10.3 Å². The van der Waals surface area contributed by atoms with E-state index in [1.807, 2.05) is 12.1 Å². The molecule has 6 nitrogen and oxygen atoms in total. The summed E-state index contributed by atoms with van der Waals surface area (Å²) in [6.07, 6.45) is -0.246. The molecule has 3 rings (SSSR count). The van der Waals surface area contributed by atoms with Gasteiger partial charge in [-0.05, 0) is 36.4 Å². The van der Waals surface area contributed by atoms with E-state index in [1.165, 1.54) is 0 Å². The molecule has 2 aromatic carbocycles. The van der Waals surface area contributed by atoms with Crippen LogP contribution >= 0.6 is 34.8 Å². The zero-order valence-corrected chi connectivity index (χ0v) is 16.0. The van der Waals surface area contributed by atoms with E-state index >= 15 is 0 Å². The third kappa shape index (κ3) is 4.40. The predicted molar refractivity (Wildman–Crippen MR) is 104 cm³/mol. The summed E-state index contributed by atoms with van der Waals surface area (Å²) < 4.78 is 0. The first-order valence-electron chi connectivity index (χ1n) is 7.84. The number of rotatable bonds is 4. The Kier molecular flexibility index (Phi) is 6.22. The normalized spacial score (nSPS) is 18.5.